The minimum absolute atomic E-state index is 0.574. The lowest BCUT2D eigenvalue weighted by Gasteiger charge is -2.31. The molecule has 0 radical (unpaired) electrons. The van der Waals surface area contributed by atoms with Gasteiger partial charge in [-0.15, -0.1) is 11.3 Å². The second kappa shape index (κ2) is 14.3. The van der Waals surface area contributed by atoms with Gasteiger partial charge in [-0.05, 0) is 59.7 Å². The zero-order valence-corrected chi connectivity index (χ0v) is 33.3. The summed E-state index contributed by atoms with van der Waals surface area (Å²) in [4.78, 5) is 27.7. The molecule has 0 bridgehead atoms. The fourth-order valence-electron chi connectivity index (χ4n) is 8.25. The molecule has 0 aliphatic carbocycles. The van der Waals surface area contributed by atoms with Gasteiger partial charge in [0.15, 0.2) is 29.0 Å². The van der Waals surface area contributed by atoms with E-state index in [1.54, 1.807) is 11.3 Å². The molecular weight excluding hydrogens is 769 g/mol. The number of aromatic nitrogens is 5. The van der Waals surface area contributed by atoms with Crippen molar-refractivity contribution in [1.82, 2.24) is 24.9 Å². The molecule has 61 heavy (non-hydrogen) atoms. The van der Waals surface area contributed by atoms with Crippen molar-refractivity contribution in [3.8, 4) is 68.0 Å². The number of fused-ring (bicyclic) bond motifs is 6. The summed E-state index contributed by atoms with van der Waals surface area (Å²) in [5, 5.41) is 3.25. The molecule has 1 aliphatic heterocycles. The minimum Gasteiger partial charge on any atom is -0.453 e. The van der Waals surface area contributed by atoms with Gasteiger partial charge in [0.2, 0.25) is 5.95 Å². The number of benzene rings is 8. The van der Waals surface area contributed by atoms with Gasteiger partial charge < -0.3 is 4.74 Å². The predicted octanol–water partition coefficient (Wildman–Crippen LogP) is 14.1. The zero-order chi connectivity index (χ0) is 40.3. The van der Waals surface area contributed by atoms with E-state index >= 15 is 0 Å². The molecule has 3 aromatic heterocycles. The fraction of sp³-hybridized carbons (Fsp3) is 0. The van der Waals surface area contributed by atoms with Gasteiger partial charge in [-0.3, -0.25) is 4.90 Å². The van der Waals surface area contributed by atoms with Gasteiger partial charge in [0, 0.05) is 47.8 Å². The third kappa shape index (κ3) is 6.08. The highest BCUT2D eigenvalue weighted by Crippen LogP contribution is 2.51. The Bertz CT molecular complexity index is 3410. The lowest BCUT2D eigenvalue weighted by atomic mass is 9.99. The fourth-order valence-corrected chi connectivity index (χ4v) is 9.37. The smallest absolute Gasteiger partial charge is 0.236 e. The first-order chi connectivity index (χ1) is 30.2. The van der Waals surface area contributed by atoms with Crippen LogP contribution >= 0.6 is 11.3 Å². The largest absolute Gasteiger partial charge is 0.453 e. The average molecular weight is 801 g/mol. The molecule has 286 valence electrons. The second-order valence-electron chi connectivity index (χ2n) is 14.9. The highest BCUT2D eigenvalue weighted by Gasteiger charge is 2.29. The molecule has 8 heteroatoms. The van der Waals surface area contributed by atoms with E-state index in [1.165, 1.54) is 9.40 Å². The number of ether oxygens (including phenoxy) is 1. The molecule has 12 rings (SSSR count). The van der Waals surface area contributed by atoms with Crippen LogP contribution in [-0.2, 0) is 0 Å². The van der Waals surface area contributed by atoms with E-state index in [4.69, 9.17) is 29.7 Å². The number of para-hydroxylation sites is 3. The number of hydrogen-bond acceptors (Lipinski definition) is 8. The van der Waals surface area contributed by atoms with Gasteiger partial charge in [-0.2, -0.15) is 0 Å². The molecule has 0 saturated heterocycles. The summed E-state index contributed by atoms with van der Waals surface area (Å²) in [5.74, 6) is 3.93. The molecule has 8 aromatic carbocycles. The van der Waals surface area contributed by atoms with E-state index in [9.17, 15) is 0 Å². The molecule has 11 aromatic rings. The van der Waals surface area contributed by atoms with Gasteiger partial charge >= 0.3 is 0 Å². The molecule has 0 amide bonds. The Balaban J connectivity index is 0.993. The van der Waals surface area contributed by atoms with Crippen molar-refractivity contribution in [2.75, 3.05) is 4.90 Å². The normalized spacial score (nSPS) is 12.0. The lowest BCUT2D eigenvalue weighted by Crippen LogP contribution is -2.18. The summed E-state index contributed by atoms with van der Waals surface area (Å²) >= 11 is 1.77. The minimum atomic E-state index is 0.574. The van der Waals surface area contributed by atoms with Crippen LogP contribution in [0.25, 0.3) is 87.6 Å². The Morgan fingerprint density at radius 1 is 0.393 bits per heavy atom. The summed E-state index contributed by atoms with van der Waals surface area (Å²) < 4.78 is 9.04. The van der Waals surface area contributed by atoms with Gasteiger partial charge in [-0.25, -0.2) is 24.9 Å². The maximum Gasteiger partial charge on any atom is 0.236 e. The van der Waals surface area contributed by atoms with Crippen LogP contribution in [-0.4, -0.2) is 24.9 Å². The highest BCUT2D eigenvalue weighted by molar-refractivity contribution is 7.26. The van der Waals surface area contributed by atoms with E-state index in [0.29, 0.717) is 23.4 Å². The second-order valence-corrected chi connectivity index (χ2v) is 16.0. The van der Waals surface area contributed by atoms with Crippen LogP contribution in [0.2, 0.25) is 0 Å². The maximum atomic E-state index is 6.69. The third-order valence-corrected chi connectivity index (χ3v) is 12.3. The van der Waals surface area contributed by atoms with Crippen LogP contribution in [0.5, 0.6) is 11.5 Å². The van der Waals surface area contributed by atoms with E-state index in [2.05, 4.69) is 83.8 Å². The molecule has 0 saturated carbocycles. The maximum absolute atomic E-state index is 6.69. The molecule has 0 N–H and O–H groups in total. The SMILES string of the molecule is c1ccc(-c2nc(-c3ccccc3)nc(-c3cccc4sc5ccc(-c6ccc7c(c6)Oc6ccccc6N7c6nc(-c7ccccc7)c7ccccc7n6)cc5c34)n2)cc1. The third-order valence-electron chi connectivity index (χ3n) is 11.1. The van der Waals surface area contributed by atoms with Crippen LogP contribution in [0.3, 0.4) is 0 Å². The quantitative estimate of drug-likeness (QED) is 0.166. The van der Waals surface area contributed by atoms with E-state index in [-0.39, 0.29) is 0 Å². The first-order valence-corrected chi connectivity index (χ1v) is 20.9. The molecule has 7 nitrogen and oxygen atoms in total. The van der Waals surface area contributed by atoms with Crippen molar-refractivity contribution in [2.24, 2.45) is 0 Å². The molecule has 4 heterocycles. The number of nitrogens with zero attached hydrogens (tertiary/aromatic N) is 6. The number of thiophene rings is 1. The zero-order valence-electron chi connectivity index (χ0n) is 32.5. The molecular formula is C53H32N6OS. The molecule has 0 atom stereocenters. The van der Waals surface area contributed by atoms with E-state index in [0.717, 1.165) is 83.6 Å². The molecule has 0 spiro atoms. The topological polar surface area (TPSA) is 76.9 Å². The van der Waals surface area contributed by atoms with Crippen LogP contribution in [0.15, 0.2) is 194 Å². The summed E-state index contributed by atoms with van der Waals surface area (Å²) in [5.41, 5.74) is 9.45. The number of hydrogen-bond donors (Lipinski definition) is 0. The Labute approximate surface area is 354 Å². The summed E-state index contributed by atoms with van der Waals surface area (Å²) in [6, 6.07) is 66.2. The summed E-state index contributed by atoms with van der Waals surface area (Å²) in [6.45, 7) is 0. The first-order valence-electron chi connectivity index (χ1n) is 20.1. The van der Waals surface area contributed by atoms with E-state index in [1.807, 2.05) is 115 Å². The number of rotatable bonds is 6. The summed E-state index contributed by atoms with van der Waals surface area (Å²) in [6.07, 6.45) is 0. The van der Waals surface area contributed by atoms with Crippen LogP contribution in [0.1, 0.15) is 0 Å². The van der Waals surface area contributed by atoms with E-state index < -0.39 is 0 Å². The molecule has 0 fully saturated rings. The Morgan fingerprint density at radius 2 is 1.02 bits per heavy atom. The lowest BCUT2D eigenvalue weighted by molar-refractivity contribution is 0.476. The van der Waals surface area contributed by atoms with Crippen LogP contribution in [0.4, 0.5) is 17.3 Å². The Morgan fingerprint density at radius 3 is 1.79 bits per heavy atom. The van der Waals surface area contributed by atoms with Crippen molar-refractivity contribution in [3.05, 3.63) is 194 Å². The summed E-state index contributed by atoms with van der Waals surface area (Å²) in [7, 11) is 0. The predicted molar refractivity (Wildman–Crippen MR) is 248 cm³/mol. The van der Waals surface area contributed by atoms with Crippen molar-refractivity contribution >= 4 is 59.7 Å². The average Bonchev–Trinajstić information content (AvgIpc) is 3.72. The molecule has 1 aliphatic rings. The van der Waals surface area contributed by atoms with Crippen molar-refractivity contribution < 1.29 is 4.74 Å². The van der Waals surface area contributed by atoms with Crippen molar-refractivity contribution in [3.63, 3.8) is 0 Å². The number of anilines is 3. The molecule has 0 unspecified atom stereocenters. The van der Waals surface area contributed by atoms with Crippen molar-refractivity contribution in [1.29, 1.82) is 0 Å². The van der Waals surface area contributed by atoms with Gasteiger partial charge in [0.05, 0.1) is 22.6 Å². The highest BCUT2D eigenvalue weighted by atomic mass is 32.1. The van der Waals surface area contributed by atoms with Gasteiger partial charge in [0.25, 0.3) is 0 Å². The first kappa shape index (κ1) is 34.9. The van der Waals surface area contributed by atoms with Crippen LogP contribution < -0.4 is 9.64 Å². The van der Waals surface area contributed by atoms with Gasteiger partial charge in [0.1, 0.15) is 0 Å². The van der Waals surface area contributed by atoms with Crippen LogP contribution in [0, 0.1) is 0 Å². The standard InChI is InChI=1S/C53H32N6OS/c1-4-15-33(16-5-1)49-38-21-10-11-23-41(38)54-53(55-49)59-42-24-12-13-25-44(42)60-45-32-37(27-29-43(45)59)36-28-30-46-40(31-36)48-39(22-14-26-47(48)61-46)52-57-50(34-17-6-2-7-18-34)56-51(58-52)35-19-8-3-9-20-35/h1-32H. The Kier molecular flexibility index (Phi) is 8.21. The Hall–Kier alpha value is -8.07. The van der Waals surface area contributed by atoms with Gasteiger partial charge in [-0.1, -0.05) is 146 Å². The monoisotopic (exact) mass is 800 g/mol. The van der Waals surface area contributed by atoms with Crippen molar-refractivity contribution in [2.45, 2.75) is 0 Å².